The molecule has 6 nitrogen and oxygen atoms in total. The van der Waals surface area contributed by atoms with Crippen LogP contribution in [0.3, 0.4) is 0 Å². The van der Waals surface area contributed by atoms with Gasteiger partial charge in [0, 0.05) is 30.1 Å². The van der Waals surface area contributed by atoms with Gasteiger partial charge in [-0.05, 0) is 36.4 Å². The molecule has 0 aliphatic rings. The SMILES string of the molecule is O=C(Nc1ccccc1)c1cccc(Oc2cccc(Oc3ccccn3)c2)n1. The Labute approximate surface area is 167 Å². The minimum atomic E-state index is -0.311. The van der Waals surface area contributed by atoms with Crippen LogP contribution >= 0.6 is 0 Å². The molecule has 6 heteroatoms. The maximum absolute atomic E-state index is 12.4. The lowest BCUT2D eigenvalue weighted by atomic mass is 10.3. The zero-order valence-electron chi connectivity index (χ0n) is 15.4. The van der Waals surface area contributed by atoms with E-state index in [-0.39, 0.29) is 11.6 Å². The smallest absolute Gasteiger partial charge is 0.274 e. The molecule has 0 unspecified atom stereocenters. The minimum Gasteiger partial charge on any atom is -0.439 e. The Morgan fingerprint density at radius 1 is 0.724 bits per heavy atom. The topological polar surface area (TPSA) is 73.3 Å². The van der Waals surface area contributed by atoms with Crippen molar-refractivity contribution in [1.82, 2.24) is 9.97 Å². The fourth-order valence-corrected chi connectivity index (χ4v) is 2.56. The first kappa shape index (κ1) is 18.2. The lowest BCUT2D eigenvalue weighted by molar-refractivity contribution is 0.102. The van der Waals surface area contributed by atoms with Crippen molar-refractivity contribution in [3.8, 4) is 23.3 Å². The Kier molecular flexibility index (Phi) is 5.43. The first-order valence-electron chi connectivity index (χ1n) is 8.96. The molecule has 0 bridgehead atoms. The van der Waals surface area contributed by atoms with E-state index < -0.39 is 0 Å². The van der Waals surface area contributed by atoms with Gasteiger partial charge in [0.1, 0.15) is 17.2 Å². The van der Waals surface area contributed by atoms with Crippen LogP contribution in [0.15, 0.2) is 97.2 Å². The Morgan fingerprint density at radius 2 is 1.41 bits per heavy atom. The van der Waals surface area contributed by atoms with Crippen LogP contribution in [0.25, 0.3) is 0 Å². The number of para-hydroxylation sites is 1. The summed E-state index contributed by atoms with van der Waals surface area (Å²) in [5, 5.41) is 2.80. The molecule has 0 radical (unpaired) electrons. The molecule has 1 amide bonds. The van der Waals surface area contributed by atoms with E-state index in [0.717, 1.165) is 0 Å². The summed E-state index contributed by atoms with van der Waals surface area (Å²) in [4.78, 5) is 20.8. The van der Waals surface area contributed by atoms with Crippen molar-refractivity contribution < 1.29 is 14.3 Å². The van der Waals surface area contributed by atoms with E-state index in [1.54, 1.807) is 54.7 Å². The molecule has 2 aromatic heterocycles. The predicted octanol–water partition coefficient (Wildman–Crippen LogP) is 5.31. The predicted molar refractivity (Wildman–Crippen MR) is 109 cm³/mol. The fraction of sp³-hybridized carbons (Fsp3) is 0. The zero-order valence-corrected chi connectivity index (χ0v) is 15.4. The highest BCUT2D eigenvalue weighted by Gasteiger charge is 2.10. The summed E-state index contributed by atoms with van der Waals surface area (Å²) in [6.45, 7) is 0. The Hall–Kier alpha value is -4.19. The normalized spacial score (nSPS) is 10.2. The number of pyridine rings is 2. The Morgan fingerprint density at radius 3 is 2.17 bits per heavy atom. The lowest BCUT2D eigenvalue weighted by Crippen LogP contribution is -2.13. The molecule has 0 saturated carbocycles. The Balaban J connectivity index is 1.46. The van der Waals surface area contributed by atoms with E-state index in [9.17, 15) is 4.79 Å². The molecule has 0 saturated heterocycles. The largest absolute Gasteiger partial charge is 0.439 e. The molecular weight excluding hydrogens is 366 g/mol. The Bertz CT molecular complexity index is 1100. The number of nitrogens with zero attached hydrogens (tertiary/aromatic N) is 2. The standard InChI is InChI=1S/C23H17N3O3/c27-23(25-17-8-2-1-3-9-17)20-12-7-14-22(26-20)29-19-11-6-10-18(16-19)28-21-13-4-5-15-24-21/h1-16H,(H,25,27). The third kappa shape index (κ3) is 4.95. The third-order valence-corrected chi connectivity index (χ3v) is 3.88. The van der Waals surface area contributed by atoms with Crippen molar-refractivity contribution in [3.05, 3.63) is 103 Å². The number of nitrogens with one attached hydrogen (secondary N) is 1. The number of amides is 1. The zero-order chi connectivity index (χ0) is 19.9. The third-order valence-electron chi connectivity index (χ3n) is 3.88. The van der Waals surface area contributed by atoms with Crippen molar-refractivity contribution in [2.75, 3.05) is 5.32 Å². The fourth-order valence-electron chi connectivity index (χ4n) is 2.56. The molecule has 1 N–H and O–H groups in total. The molecule has 0 atom stereocenters. The second kappa shape index (κ2) is 8.67. The molecule has 0 fully saturated rings. The van der Waals surface area contributed by atoms with Crippen molar-refractivity contribution in [2.24, 2.45) is 0 Å². The number of carbonyl (C=O) groups is 1. The molecule has 29 heavy (non-hydrogen) atoms. The summed E-state index contributed by atoms with van der Waals surface area (Å²) in [6.07, 6.45) is 1.66. The van der Waals surface area contributed by atoms with Gasteiger partial charge < -0.3 is 14.8 Å². The summed E-state index contributed by atoms with van der Waals surface area (Å²) < 4.78 is 11.5. The number of anilines is 1. The highest BCUT2D eigenvalue weighted by atomic mass is 16.5. The molecule has 4 aromatic rings. The van der Waals surface area contributed by atoms with Gasteiger partial charge in [-0.2, -0.15) is 0 Å². The van der Waals surface area contributed by atoms with Crippen LogP contribution in [0, 0.1) is 0 Å². The molecule has 0 aliphatic carbocycles. The van der Waals surface area contributed by atoms with E-state index >= 15 is 0 Å². The van der Waals surface area contributed by atoms with Crippen molar-refractivity contribution in [1.29, 1.82) is 0 Å². The van der Waals surface area contributed by atoms with E-state index in [4.69, 9.17) is 9.47 Å². The quantitative estimate of drug-likeness (QED) is 0.488. The second-order valence-corrected chi connectivity index (χ2v) is 6.03. The first-order valence-corrected chi connectivity index (χ1v) is 8.96. The van der Waals surface area contributed by atoms with E-state index in [2.05, 4.69) is 15.3 Å². The molecule has 0 aliphatic heterocycles. The molecular formula is C23H17N3O3. The number of carbonyl (C=O) groups excluding carboxylic acids is 1. The van der Waals surface area contributed by atoms with Gasteiger partial charge in [0.25, 0.3) is 5.91 Å². The van der Waals surface area contributed by atoms with E-state index in [1.807, 2.05) is 42.5 Å². The van der Waals surface area contributed by atoms with Crippen LogP contribution in [-0.4, -0.2) is 15.9 Å². The van der Waals surface area contributed by atoms with Gasteiger partial charge >= 0.3 is 0 Å². The van der Waals surface area contributed by atoms with Gasteiger partial charge in [-0.3, -0.25) is 4.79 Å². The van der Waals surface area contributed by atoms with Crippen LogP contribution in [-0.2, 0) is 0 Å². The van der Waals surface area contributed by atoms with Crippen LogP contribution in [0.5, 0.6) is 23.3 Å². The number of aromatic nitrogens is 2. The molecule has 142 valence electrons. The molecule has 4 rings (SSSR count). The first-order chi connectivity index (χ1) is 14.3. The van der Waals surface area contributed by atoms with Crippen LogP contribution in [0.1, 0.15) is 10.5 Å². The number of ether oxygens (including phenoxy) is 2. The number of hydrogen-bond donors (Lipinski definition) is 1. The second-order valence-electron chi connectivity index (χ2n) is 6.03. The summed E-state index contributed by atoms with van der Waals surface area (Å²) in [7, 11) is 0. The van der Waals surface area contributed by atoms with Crippen molar-refractivity contribution >= 4 is 11.6 Å². The minimum absolute atomic E-state index is 0.257. The van der Waals surface area contributed by atoms with Gasteiger partial charge in [-0.15, -0.1) is 0 Å². The maximum atomic E-state index is 12.4. The van der Waals surface area contributed by atoms with Crippen LogP contribution in [0.4, 0.5) is 5.69 Å². The van der Waals surface area contributed by atoms with Gasteiger partial charge in [0.2, 0.25) is 11.8 Å². The van der Waals surface area contributed by atoms with Crippen molar-refractivity contribution in [3.63, 3.8) is 0 Å². The van der Waals surface area contributed by atoms with Gasteiger partial charge in [-0.1, -0.05) is 36.4 Å². The van der Waals surface area contributed by atoms with Gasteiger partial charge in [0.05, 0.1) is 0 Å². The number of rotatable bonds is 6. The van der Waals surface area contributed by atoms with E-state index in [1.165, 1.54) is 0 Å². The summed E-state index contributed by atoms with van der Waals surface area (Å²) in [6, 6.07) is 26.8. The molecule has 2 aromatic carbocycles. The van der Waals surface area contributed by atoms with Gasteiger partial charge in [-0.25, -0.2) is 9.97 Å². The lowest BCUT2D eigenvalue weighted by Gasteiger charge is -2.09. The molecule has 2 heterocycles. The maximum Gasteiger partial charge on any atom is 0.274 e. The van der Waals surface area contributed by atoms with Gasteiger partial charge in [0.15, 0.2) is 0 Å². The summed E-state index contributed by atoms with van der Waals surface area (Å²) in [5.41, 5.74) is 0.956. The van der Waals surface area contributed by atoms with Crippen LogP contribution < -0.4 is 14.8 Å². The summed E-state index contributed by atoms with van der Waals surface area (Å²) in [5.74, 6) is 1.60. The summed E-state index contributed by atoms with van der Waals surface area (Å²) >= 11 is 0. The number of hydrogen-bond acceptors (Lipinski definition) is 5. The monoisotopic (exact) mass is 383 g/mol. The highest BCUT2D eigenvalue weighted by Crippen LogP contribution is 2.27. The average Bonchev–Trinajstić information content (AvgIpc) is 2.76. The van der Waals surface area contributed by atoms with E-state index in [0.29, 0.717) is 28.9 Å². The van der Waals surface area contributed by atoms with Crippen LogP contribution in [0.2, 0.25) is 0 Å². The number of benzene rings is 2. The average molecular weight is 383 g/mol. The molecule has 0 spiro atoms. The highest BCUT2D eigenvalue weighted by molar-refractivity contribution is 6.02. The van der Waals surface area contributed by atoms with Crippen molar-refractivity contribution in [2.45, 2.75) is 0 Å².